The van der Waals surface area contributed by atoms with Crippen LogP contribution in [0.3, 0.4) is 0 Å². The Hall–Kier alpha value is -5.75. The number of rotatable bonds is 5. The fraction of sp³-hybridized carbons (Fsp3) is 0.255. The van der Waals surface area contributed by atoms with Crippen LogP contribution in [0.15, 0.2) is 122 Å². The zero-order chi connectivity index (χ0) is 36.7. The van der Waals surface area contributed by atoms with Crippen molar-refractivity contribution < 1.29 is 9.30 Å². The van der Waals surface area contributed by atoms with Crippen molar-refractivity contribution in [1.29, 1.82) is 0 Å². The first-order chi connectivity index (χ1) is 25.4. The number of nitrogens with zero attached hydrogens (tertiary/aromatic N) is 5. The van der Waals surface area contributed by atoms with Gasteiger partial charge in [-0.25, -0.2) is 4.98 Å². The van der Waals surface area contributed by atoms with Gasteiger partial charge in [0.2, 0.25) is 0 Å². The van der Waals surface area contributed by atoms with Crippen molar-refractivity contribution in [2.45, 2.75) is 77.6 Å². The second-order valence-corrected chi connectivity index (χ2v) is 16.9. The summed E-state index contributed by atoms with van der Waals surface area (Å²) in [6.45, 7) is 16.0. The smallest absolute Gasteiger partial charge is 0.269 e. The van der Waals surface area contributed by atoms with Crippen molar-refractivity contribution in [3.63, 3.8) is 0 Å². The molecule has 0 spiro atoms. The number of benzene rings is 4. The van der Waals surface area contributed by atoms with Crippen LogP contribution in [0.5, 0.6) is 11.5 Å². The lowest BCUT2D eigenvalue weighted by Gasteiger charge is -2.42. The van der Waals surface area contributed by atoms with Gasteiger partial charge in [-0.2, -0.15) is 0 Å². The number of hydrogen-bond donors (Lipinski definition) is 0. The molecule has 0 saturated carbocycles. The third-order valence-electron chi connectivity index (χ3n) is 11.2. The lowest BCUT2D eigenvalue weighted by molar-refractivity contribution is -0.573. The predicted molar refractivity (Wildman–Crippen MR) is 214 cm³/mol. The van der Waals surface area contributed by atoms with Crippen LogP contribution in [0.25, 0.3) is 50.0 Å². The lowest BCUT2D eigenvalue weighted by atomic mass is 9.65. The third-order valence-corrected chi connectivity index (χ3v) is 11.2. The molecule has 4 aromatic carbocycles. The molecular formula is C47H45N5O. The normalized spacial score (nSPS) is 15.2. The summed E-state index contributed by atoms with van der Waals surface area (Å²) in [6, 6.07) is 38.2. The van der Waals surface area contributed by atoms with Gasteiger partial charge in [-0.1, -0.05) is 97.0 Å². The SMILES string of the molecule is CC(C)(C)c1ccnc(-n2c3ccccc3c3ccc(Oc4cccc(-n5[c-][n+](-c6ccnc7c6C(C)(C)CCC7(C)C)c6ccccc65)c4)cc32)c1. The Kier molecular flexibility index (Phi) is 7.43. The molecule has 0 amide bonds. The molecule has 6 nitrogen and oxygen atoms in total. The van der Waals surface area contributed by atoms with Crippen molar-refractivity contribution in [2.75, 3.05) is 0 Å². The van der Waals surface area contributed by atoms with Crippen LogP contribution in [0, 0.1) is 6.33 Å². The molecule has 1 aliphatic carbocycles. The molecular weight excluding hydrogens is 651 g/mol. The molecule has 0 atom stereocenters. The maximum Gasteiger partial charge on any atom is 0.269 e. The van der Waals surface area contributed by atoms with Crippen LogP contribution < -0.4 is 9.30 Å². The van der Waals surface area contributed by atoms with E-state index in [0.717, 1.165) is 69.0 Å². The van der Waals surface area contributed by atoms with Crippen LogP contribution in [0.1, 0.15) is 78.1 Å². The average molecular weight is 696 g/mol. The zero-order valence-corrected chi connectivity index (χ0v) is 31.6. The Morgan fingerprint density at radius 3 is 2.23 bits per heavy atom. The topological polar surface area (TPSA) is 48.8 Å². The van der Waals surface area contributed by atoms with Crippen molar-refractivity contribution in [2.24, 2.45) is 0 Å². The minimum absolute atomic E-state index is 0.00267. The molecule has 0 aliphatic heterocycles. The second-order valence-electron chi connectivity index (χ2n) is 16.9. The highest BCUT2D eigenvalue weighted by Crippen LogP contribution is 2.46. The fourth-order valence-electron chi connectivity index (χ4n) is 8.21. The summed E-state index contributed by atoms with van der Waals surface area (Å²) < 4.78 is 13.3. The van der Waals surface area contributed by atoms with Crippen LogP contribution in [-0.2, 0) is 16.2 Å². The van der Waals surface area contributed by atoms with Gasteiger partial charge in [0.05, 0.1) is 33.4 Å². The standard InChI is InChI=1S/C47H45N5O/c1-45(2,3)31-21-25-48-42(27-31)52-37-16-9-8-15-35(37)36-20-19-34(29-41(36)52)53-33-14-12-13-32(28-33)50-30-51(39-18-11-10-17-38(39)50)40-22-26-49-44-43(40)46(4,5)23-24-47(44,6)7/h8-22,25-29H,23-24H2,1-7H3. The highest BCUT2D eigenvalue weighted by molar-refractivity contribution is 6.09. The number of ether oxygens (including phenoxy) is 1. The largest absolute Gasteiger partial charge is 0.458 e. The Labute approximate surface area is 311 Å². The Morgan fingerprint density at radius 1 is 0.679 bits per heavy atom. The van der Waals surface area contributed by atoms with E-state index in [4.69, 9.17) is 14.7 Å². The summed E-state index contributed by atoms with van der Waals surface area (Å²) in [5, 5.41) is 2.34. The fourth-order valence-corrected chi connectivity index (χ4v) is 8.21. The molecule has 9 rings (SSSR count). The van der Waals surface area contributed by atoms with Gasteiger partial charge in [0.15, 0.2) is 0 Å². The summed E-state index contributed by atoms with van der Waals surface area (Å²) in [5.74, 6) is 2.41. The van der Waals surface area contributed by atoms with Gasteiger partial charge in [-0.15, -0.1) is 0 Å². The number of aromatic nitrogens is 5. The van der Waals surface area contributed by atoms with Crippen LogP contribution in [0.2, 0.25) is 0 Å². The molecule has 4 aromatic heterocycles. The first-order valence-corrected chi connectivity index (χ1v) is 18.6. The van der Waals surface area contributed by atoms with Gasteiger partial charge in [0, 0.05) is 40.3 Å². The summed E-state index contributed by atoms with van der Waals surface area (Å²) in [4.78, 5) is 9.81. The highest BCUT2D eigenvalue weighted by Gasteiger charge is 2.40. The van der Waals surface area contributed by atoms with Gasteiger partial charge in [-0.3, -0.25) is 18.7 Å². The predicted octanol–water partition coefficient (Wildman–Crippen LogP) is 11.0. The van der Waals surface area contributed by atoms with E-state index < -0.39 is 0 Å². The van der Waals surface area contributed by atoms with Gasteiger partial charge < -0.3 is 4.74 Å². The maximum atomic E-state index is 6.67. The summed E-state index contributed by atoms with van der Waals surface area (Å²) in [7, 11) is 0. The van der Waals surface area contributed by atoms with Crippen LogP contribution >= 0.6 is 0 Å². The van der Waals surface area contributed by atoms with Crippen molar-refractivity contribution in [1.82, 2.24) is 19.1 Å². The number of fused-ring (bicyclic) bond motifs is 5. The summed E-state index contributed by atoms with van der Waals surface area (Å²) in [5.41, 5.74) is 10.2. The number of hydrogen-bond acceptors (Lipinski definition) is 3. The lowest BCUT2D eigenvalue weighted by Crippen LogP contribution is -2.41. The van der Waals surface area contributed by atoms with Gasteiger partial charge >= 0.3 is 0 Å². The maximum absolute atomic E-state index is 6.67. The molecule has 0 unspecified atom stereocenters. The molecule has 6 heteroatoms. The van der Waals surface area contributed by atoms with E-state index in [1.807, 2.05) is 18.5 Å². The minimum atomic E-state index is -0.00942. The van der Waals surface area contributed by atoms with Crippen molar-refractivity contribution in [3.8, 4) is 28.7 Å². The first-order valence-electron chi connectivity index (χ1n) is 18.6. The molecule has 0 radical (unpaired) electrons. The molecule has 8 aromatic rings. The van der Waals surface area contributed by atoms with Gasteiger partial charge in [0.1, 0.15) is 17.3 Å². The summed E-state index contributed by atoms with van der Waals surface area (Å²) in [6.07, 6.45) is 9.85. The molecule has 0 N–H and O–H groups in total. The van der Waals surface area contributed by atoms with Crippen molar-refractivity contribution >= 4 is 32.8 Å². The van der Waals surface area contributed by atoms with Gasteiger partial charge in [-0.05, 0) is 89.4 Å². The molecule has 264 valence electrons. The number of para-hydroxylation sites is 3. The van der Waals surface area contributed by atoms with E-state index in [9.17, 15) is 0 Å². The molecule has 0 bridgehead atoms. The van der Waals surface area contributed by atoms with E-state index in [0.29, 0.717) is 0 Å². The molecule has 0 saturated heterocycles. The van der Waals surface area contributed by atoms with Crippen LogP contribution in [-0.4, -0.2) is 19.1 Å². The van der Waals surface area contributed by atoms with E-state index in [-0.39, 0.29) is 16.2 Å². The minimum Gasteiger partial charge on any atom is -0.458 e. The van der Waals surface area contributed by atoms with Gasteiger partial charge in [0.25, 0.3) is 6.33 Å². The van der Waals surface area contributed by atoms with E-state index in [1.54, 1.807) is 0 Å². The molecule has 4 heterocycles. The monoisotopic (exact) mass is 695 g/mol. The van der Waals surface area contributed by atoms with Crippen molar-refractivity contribution in [3.05, 3.63) is 145 Å². The Morgan fingerprint density at radius 2 is 1.40 bits per heavy atom. The van der Waals surface area contributed by atoms with E-state index in [1.165, 1.54) is 22.2 Å². The zero-order valence-electron chi connectivity index (χ0n) is 31.6. The van der Waals surface area contributed by atoms with E-state index in [2.05, 4.69) is 172 Å². The number of pyridine rings is 2. The molecule has 1 aliphatic rings. The summed E-state index contributed by atoms with van der Waals surface area (Å²) >= 11 is 0. The number of imidazole rings is 1. The molecule has 53 heavy (non-hydrogen) atoms. The quantitative estimate of drug-likeness (QED) is 0.133. The Balaban J connectivity index is 1.13. The first kappa shape index (κ1) is 33.1. The average Bonchev–Trinajstić information content (AvgIpc) is 3.69. The second kappa shape index (κ2) is 11.9. The molecule has 0 fully saturated rings. The van der Waals surface area contributed by atoms with E-state index >= 15 is 0 Å². The highest BCUT2D eigenvalue weighted by atomic mass is 16.5. The van der Waals surface area contributed by atoms with Crippen LogP contribution in [0.4, 0.5) is 0 Å². The Bertz CT molecular complexity index is 2700. The third kappa shape index (κ3) is 5.51.